The van der Waals surface area contributed by atoms with E-state index < -0.39 is 116 Å². The standard InChI is InChI=1S/C29H29F13O11/c1-13(43)48-12-19-20(49-14(2)44)21(50-15(3)45)22(51-16(4)46)23(53-19)52-18-8-6-17(7-9-18)47-11-5-10-24(30,31)25(32,33)26(34,35)27(36,37)28(38,39)29(40,41)42/h6-9,19-23H,5,10-12H2,1-4H3/t19-,20-,21+,22-,23-/m1/s1. The molecule has 53 heavy (non-hydrogen) atoms. The number of hydrogen-bond donors (Lipinski definition) is 0. The van der Waals surface area contributed by atoms with Gasteiger partial charge in [-0.25, -0.2) is 0 Å². The van der Waals surface area contributed by atoms with Crippen molar-refractivity contribution in [3.63, 3.8) is 0 Å². The maximum absolute atomic E-state index is 14.0. The van der Waals surface area contributed by atoms with Gasteiger partial charge in [0.1, 0.15) is 24.2 Å². The minimum absolute atomic E-state index is 0.178. The summed E-state index contributed by atoms with van der Waals surface area (Å²) in [6, 6.07) is 4.16. The van der Waals surface area contributed by atoms with Gasteiger partial charge in [-0.05, 0) is 30.7 Å². The van der Waals surface area contributed by atoms with Crippen molar-refractivity contribution in [1.82, 2.24) is 0 Å². The molecule has 0 aliphatic carbocycles. The molecule has 5 atom stereocenters. The molecule has 2 rings (SSSR count). The quantitative estimate of drug-likeness (QED) is 0.0839. The van der Waals surface area contributed by atoms with Crippen molar-refractivity contribution in [2.45, 2.75) is 107 Å². The third-order valence-electron chi connectivity index (χ3n) is 6.93. The lowest BCUT2D eigenvalue weighted by Crippen LogP contribution is -2.70. The first-order valence-electron chi connectivity index (χ1n) is 14.7. The molecule has 0 spiro atoms. The highest BCUT2D eigenvalue weighted by Crippen LogP contribution is 2.60. The van der Waals surface area contributed by atoms with Crippen molar-refractivity contribution in [3.05, 3.63) is 24.3 Å². The summed E-state index contributed by atoms with van der Waals surface area (Å²) in [5, 5.41) is 0. The second-order valence-electron chi connectivity index (χ2n) is 11.1. The molecule has 0 aromatic heterocycles. The van der Waals surface area contributed by atoms with E-state index in [2.05, 4.69) is 0 Å². The molecule has 1 aromatic carbocycles. The zero-order valence-electron chi connectivity index (χ0n) is 27.4. The monoisotopic (exact) mass is 800 g/mol. The van der Waals surface area contributed by atoms with Gasteiger partial charge in [-0.2, -0.15) is 57.1 Å². The number of alkyl halides is 13. The maximum atomic E-state index is 14.0. The molecule has 0 bridgehead atoms. The normalized spacial score (nSPS) is 21.6. The third-order valence-corrected chi connectivity index (χ3v) is 6.93. The molecule has 0 N–H and O–H groups in total. The predicted molar refractivity (Wildman–Crippen MR) is 145 cm³/mol. The molecular weight excluding hydrogens is 771 g/mol. The SMILES string of the molecule is CC(=O)OC[C@H]1O[C@@H](Oc2ccc(OCCCC(F)(F)C(F)(F)C(F)(F)C(F)(F)C(F)(F)C(F)(F)F)cc2)[C@H](OC(C)=O)[C@@H](OC(C)=O)[C@@H]1OC(C)=O. The van der Waals surface area contributed by atoms with Gasteiger partial charge in [0, 0.05) is 34.1 Å². The molecular formula is C29H29F13O11. The van der Waals surface area contributed by atoms with E-state index in [-0.39, 0.29) is 11.5 Å². The number of carbonyl (C=O) groups is 4. The summed E-state index contributed by atoms with van der Waals surface area (Å²) >= 11 is 0. The molecule has 1 aliphatic heterocycles. The van der Waals surface area contributed by atoms with Gasteiger partial charge in [0.25, 0.3) is 0 Å². The first-order valence-corrected chi connectivity index (χ1v) is 14.7. The molecule has 1 saturated heterocycles. The number of halogens is 13. The van der Waals surface area contributed by atoms with Crippen molar-refractivity contribution in [2.24, 2.45) is 0 Å². The van der Waals surface area contributed by atoms with Crippen molar-refractivity contribution < 1.29 is 109 Å². The van der Waals surface area contributed by atoms with Crippen LogP contribution in [0.25, 0.3) is 0 Å². The van der Waals surface area contributed by atoms with Gasteiger partial charge in [0.15, 0.2) is 12.2 Å². The fourth-order valence-corrected chi connectivity index (χ4v) is 4.48. The Morgan fingerprint density at radius 3 is 1.53 bits per heavy atom. The number of benzene rings is 1. The first kappa shape index (κ1) is 44.9. The smallest absolute Gasteiger partial charge is 0.460 e. The zero-order chi connectivity index (χ0) is 41.0. The summed E-state index contributed by atoms with van der Waals surface area (Å²) in [7, 11) is 0. The minimum atomic E-state index is -8.00. The van der Waals surface area contributed by atoms with Crippen molar-refractivity contribution in [3.8, 4) is 11.5 Å². The van der Waals surface area contributed by atoms with Crippen LogP contribution < -0.4 is 9.47 Å². The van der Waals surface area contributed by atoms with Crippen LogP contribution in [0.5, 0.6) is 11.5 Å². The number of hydrogen-bond acceptors (Lipinski definition) is 11. The Hall–Kier alpha value is -4.25. The van der Waals surface area contributed by atoms with Gasteiger partial charge < -0.3 is 33.2 Å². The lowest BCUT2D eigenvalue weighted by Gasteiger charge is -2.43. The number of esters is 4. The van der Waals surface area contributed by atoms with E-state index in [4.69, 9.17) is 33.2 Å². The average Bonchev–Trinajstić information content (AvgIpc) is 3.00. The van der Waals surface area contributed by atoms with E-state index >= 15 is 0 Å². The van der Waals surface area contributed by atoms with Gasteiger partial charge in [-0.1, -0.05) is 0 Å². The van der Waals surface area contributed by atoms with Crippen LogP contribution in [0.2, 0.25) is 0 Å². The van der Waals surface area contributed by atoms with E-state index in [1.165, 1.54) is 0 Å². The molecule has 1 fully saturated rings. The molecule has 1 aromatic rings. The van der Waals surface area contributed by atoms with E-state index in [1.807, 2.05) is 0 Å². The fraction of sp³-hybridized carbons (Fsp3) is 0.655. The number of ether oxygens (including phenoxy) is 7. The molecule has 1 heterocycles. The molecule has 1 aliphatic rings. The van der Waals surface area contributed by atoms with Crippen LogP contribution in [0.3, 0.4) is 0 Å². The summed E-state index contributed by atoms with van der Waals surface area (Å²) in [5.41, 5.74) is 0. The van der Waals surface area contributed by atoms with Gasteiger partial charge in [0.2, 0.25) is 12.4 Å². The Morgan fingerprint density at radius 2 is 1.06 bits per heavy atom. The summed E-state index contributed by atoms with van der Waals surface area (Å²) in [6.45, 7) is 2.26. The van der Waals surface area contributed by atoms with Crippen LogP contribution in [-0.2, 0) is 42.9 Å². The summed E-state index contributed by atoms with van der Waals surface area (Å²) in [5.74, 6) is -41.5. The number of carbonyl (C=O) groups excluding carboxylic acids is 4. The highest BCUT2D eigenvalue weighted by atomic mass is 19.4. The summed E-state index contributed by atoms with van der Waals surface area (Å²) < 4.78 is 210. The van der Waals surface area contributed by atoms with Gasteiger partial charge in [0.05, 0.1) is 6.61 Å². The fourth-order valence-electron chi connectivity index (χ4n) is 4.48. The second-order valence-corrected chi connectivity index (χ2v) is 11.1. The van der Waals surface area contributed by atoms with Crippen molar-refractivity contribution in [2.75, 3.05) is 13.2 Å². The van der Waals surface area contributed by atoms with Crippen LogP contribution in [0, 0.1) is 0 Å². The topological polar surface area (TPSA) is 133 Å². The van der Waals surface area contributed by atoms with Gasteiger partial charge in [-0.15, -0.1) is 0 Å². The lowest BCUT2D eigenvalue weighted by molar-refractivity contribution is -0.440. The van der Waals surface area contributed by atoms with Crippen LogP contribution in [0.4, 0.5) is 57.1 Å². The highest BCUT2D eigenvalue weighted by molar-refractivity contribution is 5.68. The van der Waals surface area contributed by atoms with Gasteiger partial charge in [-0.3, -0.25) is 19.2 Å². The predicted octanol–water partition coefficient (Wildman–Crippen LogP) is 6.05. The molecule has 302 valence electrons. The van der Waals surface area contributed by atoms with Crippen LogP contribution in [0.15, 0.2) is 24.3 Å². The summed E-state index contributed by atoms with van der Waals surface area (Å²) in [4.78, 5) is 47.1. The molecule has 11 nitrogen and oxygen atoms in total. The van der Waals surface area contributed by atoms with Crippen LogP contribution in [-0.4, -0.2) is 104 Å². The Labute approximate surface area is 289 Å². The van der Waals surface area contributed by atoms with Crippen LogP contribution >= 0.6 is 0 Å². The Morgan fingerprint density at radius 1 is 0.604 bits per heavy atom. The second kappa shape index (κ2) is 16.4. The average molecular weight is 801 g/mol. The molecule has 0 radical (unpaired) electrons. The molecule has 0 saturated carbocycles. The van der Waals surface area contributed by atoms with E-state index in [1.54, 1.807) is 0 Å². The van der Waals surface area contributed by atoms with E-state index in [9.17, 15) is 76.3 Å². The van der Waals surface area contributed by atoms with Crippen molar-refractivity contribution >= 4 is 23.9 Å². The Kier molecular flexibility index (Phi) is 13.9. The Bertz CT molecular complexity index is 1450. The van der Waals surface area contributed by atoms with Crippen LogP contribution in [0.1, 0.15) is 40.5 Å². The minimum Gasteiger partial charge on any atom is -0.494 e. The molecule has 0 amide bonds. The van der Waals surface area contributed by atoms with Gasteiger partial charge >= 0.3 is 59.7 Å². The third kappa shape index (κ3) is 10.0. The van der Waals surface area contributed by atoms with E-state index in [0.29, 0.717) is 0 Å². The van der Waals surface area contributed by atoms with E-state index in [0.717, 1.165) is 52.0 Å². The number of rotatable bonds is 16. The largest absolute Gasteiger partial charge is 0.494 e. The summed E-state index contributed by atoms with van der Waals surface area (Å²) in [6.07, 6.45) is -19.2. The van der Waals surface area contributed by atoms with Crippen molar-refractivity contribution in [1.29, 1.82) is 0 Å². The Balaban J connectivity index is 2.21. The molecule has 0 unspecified atom stereocenters. The first-order chi connectivity index (χ1) is 24.0. The maximum Gasteiger partial charge on any atom is 0.460 e. The lowest BCUT2D eigenvalue weighted by atomic mass is 9.92. The highest BCUT2D eigenvalue weighted by Gasteiger charge is 2.90. The molecule has 24 heteroatoms. The zero-order valence-corrected chi connectivity index (χ0v) is 27.4.